The molecule has 3 N–H and O–H groups in total. The third-order valence-corrected chi connectivity index (χ3v) is 2.74. The number of carboxylic acid groups (broad SMARTS) is 1. The maximum absolute atomic E-state index is 13.6. The summed E-state index contributed by atoms with van der Waals surface area (Å²) in [5, 5.41) is 20.8. The molecule has 1 unspecified atom stereocenters. The second-order valence-electron chi connectivity index (χ2n) is 5.87. The summed E-state index contributed by atoms with van der Waals surface area (Å²) in [7, 11) is 1.24. The van der Waals surface area contributed by atoms with Crippen molar-refractivity contribution in [3.63, 3.8) is 0 Å². The molecule has 0 radical (unpaired) electrons. The Morgan fingerprint density at radius 3 is 2.43 bits per heavy atom. The Kier molecular flexibility index (Phi) is 5.78. The number of aromatic hydroxyl groups is 1. The molecular formula is C15H20FNO6. The molecular weight excluding hydrogens is 309 g/mol. The van der Waals surface area contributed by atoms with E-state index in [9.17, 15) is 24.2 Å². The van der Waals surface area contributed by atoms with Gasteiger partial charge in [0.1, 0.15) is 11.6 Å². The van der Waals surface area contributed by atoms with Gasteiger partial charge < -0.3 is 25.0 Å². The van der Waals surface area contributed by atoms with Crippen LogP contribution in [0.25, 0.3) is 0 Å². The highest BCUT2D eigenvalue weighted by Gasteiger charge is 2.25. The number of carbonyl (C=O) groups excluding carboxylic acids is 1. The Hall–Kier alpha value is -2.51. The molecule has 0 bridgehead atoms. The molecule has 0 fully saturated rings. The number of benzene rings is 1. The third kappa shape index (κ3) is 5.65. The Labute approximate surface area is 133 Å². The zero-order valence-electron chi connectivity index (χ0n) is 13.3. The molecule has 1 atom stereocenters. The van der Waals surface area contributed by atoms with E-state index >= 15 is 0 Å². The Morgan fingerprint density at radius 2 is 1.96 bits per heavy atom. The lowest BCUT2D eigenvalue weighted by Gasteiger charge is -2.22. The number of alkyl carbamates (subject to hydrolysis) is 1. The summed E-state index contributed by atoms with van der Waals surface area (Å²) in [5.74, 6) is -3.03. The molecule has 8 heteroatoms. The number of hydrogen-bond donors (Lipinski definition) is 3. The highest BCUT2D eigenvalue weighted by Crippen LogP contribution is 2.30. The highest BCUT2D eigenvalue weighted by molar-refractivity contribution is 5.80. The van der Waals surface area contributed by atoms with Crippen molar-refractivity contribution in [3.05, 3.63) is 23.5 Å². The lowest BCUT2D eigenvalue weighted by Crippen LogP contribution is -2.44. The van der Waals surface area contributed by atoms with Crippen molar-refractivity contribution in [2.75, 3.05) is 7.11 Å². The zero-order valence-corrected chi connectivity index (χ0v) is 13.3. The molecule has 128 valence electrons. The average molecular weight is 329 g/mol. The summed E-state index contributed by atoms with van der Waals surface area (Å²) in [6, 6.07) is 0.953. The van der Waals surface area contributed by atoms with Crippen LogP contribution in [-0.4, -0.2) is 41.0 Å². The molecule has 0 aliphatic heterocycles. The normalized spacial score (nSPS) is 12.4. The van der Waals surface area contributed by atoms with Gasteiger partial charge in [-0.3, -0.25) is 0 Å². The molecule has 0 heterocycles. The first-order chi connectivity index (χ1) is 10.5. The van der Waals surface area contributed by atoms with Crippen LogP contribution in [0.1, 0.15) is 26.3 Å². The average Bonchev–Trinajstić information content (AvgIpc) is 2.39. The van der Waals surface area contributed by atoms with Crippen LogP contribution in [-0.2, 0) is 16.0 Å². The van der Waals surface area contributed by atoms with Crippen LogP contribution in [0.3, 0.4) is 0 Å². The van der Waals surface area contributed by atoms with E-state index in [2.05, 4.69) is 5.32 Å². The zero-order chi connectivity index (χ0) is 17.8. The summed E-state index contributed by atoms with van der Waals surface area (Å²) < 4.78 is 23.4. The second kappa shape index (κ2) is 7.17. The Morgan fingerprint density at radius 1 is 1.35 bits per heavy atom. The molecule has 1 rings (SSSR count). The number of phenolic OH excluding ortho intramolecular Hbond substituents is 1. The van der Waals surface area contributed by atoms with E-state index in [-0.39, 0.29) is 17.7 Å². The van der Waals surface area contributed by atoms with Gasteiger partial charge in [0.25, 0.3) is 0 Å². The molecule has 0 aliphatic carbocycles. The van der Waals surface area contributed by atoms with E-state index in [0.29, 0.717) is 0 Å². The fourth-order valence-corrected chi connectivity index (χ4v) is 1.79. The molecule has 0 spiro atoms. The van der Waals surface area contributed by atoms with Crippen LogP contribution >= 0.6 is 0 Å². The first-order valence-electron chi connectivity index (χ1n) is 6.81. The van der Waals surface area contributed by atoms with E-state index in [4.69, 9.17) is 9.47 Å². The summed E-state index contributed by atoms with van der Waals surface area (Å²) in [4.78, 5) is 22.9. The number of phenols is 1. The Balaban J connectivity index is 2.91. The number of halogens is 1. The molecule has 0 saturated carbocycles. The number of methoxy groups -OCH3 is 1. The quantitative estimate of drug-likeness (QED) is 0.764. The first kappa shape index (κ1) is 18.5. The monoisotopic (exact) mass is 329 g/mol. The highest BCUT2D eigenvalue weighted by atomic mass is 19.1. The fourth-order valence-electron chi connectivity index (χ4n) is 1.79. The molecule has 1 amide bonds. The number of hydrogen-bond acceptors (Lipinski definition) is 5. The summed E-state index contributed by atoms with van der Waals surface area (Å²) in [6.45, 7) is 4.92. The molecule has 1 aromatic carbocycles. The Bertz CT molecular complexity index is 596. The lowest BCUT2D eigenvalue weighted by molar-refractivity contribution is -0.139. The van der Waals surface area contributed by atoms with Gasteiger partial charge in [0.15, 0.2) is 17.3 Å². The van der Waals surface area contributed by atoms with Gasteiger partial charge in [-0.1, -0.05) is 0 Å². The van der Waals surface area contributed by atoms with Crippen molar-refractivity contribution in [1.82, 2.24) is 5.32 Å². The summed E-state index contributed by atoms with van der Waals surface area (Å²) in [5.41, 5.74) is -0.540. The molecule has 0 saturated heterocycles. The van der Waals surface area contributed by atoms with Gasteiger partial charge in [0.2, 0.25) is 0 Å². The number of carbonyl (C=O) groups is 2. The van der Waals surface area contributed by atoms with Gasteiger partial charge in [-0.2, -0.15) is 0 Å². The summed E-state index contributed by atoms with van der Waals surface area (Å²) in [6.07, 6.45) is -1.10. The SMILES string of the molecule is COc1cc(CC(NC(=O)OC(C)(C)C)C(=O)O)cc(F)c1O. The number of nitrogens with one attached hydrogen (secondary N) is 1. The van der Waals surface area contributed by atoms with E-state index in [0.717, 1.165) is 6.07 Å². The standard InChI is InChI=1S/C15H20FNO6/c1-15(2,3)23-14(21)17-10(13(19)20)6-8-5-9(16)12(18)11(7-8)22-4/h5,7,10,18H,6H2,1-4H3,(H,17,21)(H,19,20). The minimum Gasteiger partial charge on any atom is -0.502 e. The number of rotatable bonds is 5. The lowest BCUT2D eigenvalue weighted by atomic mass is 10.0. The van der Waals surface area contributed by atoms with Crippen molar-refractivity contribution in [2.24, 2.45) is 0 Å². The van der Waals surface area contributed by atoms with E-state index in [1.165, 1.54) is 13.2 Å². The van der Waals surface area contributed by atoms with Crippen LogP contribution in [0, 0.1) is 5.82 Å². The fraction of sp³-hybridized carbons (Fsp3) is 0.467. The van der Waals surface area contributed by atoms with E-state index in [1.54, 1.807) is 20.8 Å². The second-order valence-corrected chi connectivity index (χ2v) is 5.87. The largest absolute Gasteiger partial charge is 0.502 e. The van der Waals surface area contributed by atoms with Gasteiger partial charge in [-0.15, -0.1) is 0 Å². The van der Waals surface area contributed by atoms with Crippen LogP contribution in [0.2, 0.25) is 0 Å². The topological polar surface area (TPSA) is 105 Å². The van der Waals surface area contributed by atoms with Crippen LogP contribution in [0.15, 0.2) is 12.1 Å². The molecule has 7 nitrogen and oxygen atoms in total. The van der Waals surface area contributed by atoms with Crippen LogP contribution in [0.5, 0.6) is 11.5 Å². The number of amides is 1. The van der Waals surface area contributed by atoms with Crippen molar-refractivity contribution in [1.29, 1.82) is 0 Å². The number of carboxylic acids is 1. The smallest absolute Gasteiger partial charge is 0.408 e. The predicted octanol–water partition coefficient (Wildman–Crippen LogP) is 2.06. The van der Waals surface area contributed by atoms with E-state index < -0.39 is 35.3 Å². The van der Waals surface area contributed by atoms with Gasteiger partial charge in [0.05, 0.1) is 7.11 Å². The van der Waals surface area contributed by atoms with Gasteiger partial charge >= 0.3 is 12.1 Å². The maximum atomic E-state index is 13.6. The molecule has 0 aromatic heterocycles. The minimum absolute atomic E-state index is 0.124. The predicted molar refractivity (Wildman–Crippen MR) is 79.1 cm³/mol. The maximum Gasteiger partial charge on any atom is 0.408 e. The van der Waals surface area contributed by atoms with Crippen LogP contribution < -0.4 is 10.1 Å². The van der Waals surface area contributed by atoms with Crippen molar-refractivity contribution in [2.45, 2.75) is 38.8 Å². The molecule has 1 aromatic rings. The van der Waals surface area contributed by atoms with E-state index in [1.807, 2.05) is 0 Å². The van der Waals surface area contributed by atoms with Gasteiger partial charge in [-0.25, -0.2) is 14.0 Å². The van der Waals surface area contributed by atoms with Crippen molar-refractivity contribution < 1.29 is 33.7 Å². The number of aliphatic carboxylic acids is 1. The van der Waals surface area contributed by atoms with Gasteiger partial charge in [-0.05, 0) is 38.5 Å². The molecule has 23 heavy (non-hydrogen) atoms. The molecule has 0 aliphatic rings. The first-order valence-corrected chi connectivity index (χ1v) is 6.81. The van der Waals surface area contributed by atoms with Crippen molar-refractivity contribution in [3.8, 4) is 11.5 Å². The third-order valence-electron chi connectivity index (χ3n) is 2.74. The van der Waals surface area contributed by atoms with Gasteiger partial charge in [0, 0.05) is 6.42 Å². The van der Waals surface area contributed by atoms with Crippen LogP contribution in [0.4, 0.5) is 9.18 Å². The summed E-state index contributed by atoms with van der Waals surface area (Å²) >= 11 is 0. The van der Waals surface area contributed by atoms with Crippen molar-refractivity contribution >= 4 is 12.1 Å². The minimum atomic E-state index is -1.32. The number of ether oxygens (including phenoxy) is 2.